The molecule has 0 radical (unpaired) electrons. The molecule has 0 unspecified atom stereocenters. The molecule has 180 valence electrons. The topological polar surface area (TPSA) is 72.4 Å². The first-order chi connectivity index (χ1) is 16.3. The monoisotopic (exact) mass is 497 g/mol. The van der Waals surface area contributed by atoms with Crippen LogP contribution in [0.2, 0.25) is 0 Å². The molecule has 3 aromatic heterocycles. The maximum atomic E-state index is 12.9. The zero-order chi connectivity index (χ0) is 23.9. The van der Waals surface area contributed by atoms with E-state index in [9.17, 15) is 9.59 Å². The van der Waals surface area contributed by atoms with E-state index in [1.807, 2.05) is 26.8 Å². The summed E-state index contributed by atoms with van der Waals surface area (Å²) in [6, 6.07) is 1.99. The Morgan fingerprint density at radius 1 is 1.24 bits per heavy atom. The Kier molecular flexibility index (Phi) is 6.46. The van der Waals surface area contributed by atoms with Gasteiger partial charge in [-0.25, -0.2) is 9.78 Å². The molecule has 1 saturated carbocycles. The predicted octanol–water partition coefficient (Wildman–Crippen LogP) is 6.40. The smallest absolute Gasteiger partial charge is 0.410 e. The third-order valence-corrected chi connectivity index (χ3v) is 8.58. The number of aromatic nitrogens is 2. The molecule has 0 atom stereocenters. The van der Waals surface area contributed by atoms with Crippen molar-refractivity contribution in [2.24, 2.45) is 5.92 Å². The molecule has 4 heterocycles. The lowest BCUT2D eigenvalue weighted by molar-refractivity contribution is -0.118. The summed E-state index contributed by atoms with van der Waals surface area (Å²) in [5.41, 5.74) is 2.71. The van der Waals surface area contributed by atoms with Gasteiger partial charge in [0.2, 0.25) is 0 Å². The number of thiazole rings is 1. The lowest BCUT2D eigenvalue weighted by Crippen LogP contribution is -2.39. The molecule has 2 aliphatic rings. The van der Waals surface area contributed by atoms with E-state index in [1.165, 1.54) is 24.8 Å². The molecule has 6 nitrogen and oxygen atoms in total. The molecular weight excluding hydrogens is 466 g/mol. The molecular formula is C26H31N3O3S2. The Morgan fingerprint density at radius 3 is 2.79 bits per heavy atom. The van der Waals surface area contributed by atoms with E-state index in [0.29, 0.717) is 31.7 Å². The number of pyridine rings is 1. The van der Waals surface area contributed by atoms with Gasteiger partial charge in [-0.2, -0.15) is 0 Å². The van der Waals surface area contributed by atoms with Gasteiger partial charge in [-0.1, -0.05) is 19.3 Å². The number of thiophene rings is 1. The summed E-state index contributed by atoms with van der Waals surface area (Å²) in [5, 5.41) is 0.951. The van der Waals surface area contributed by atoms with Crippen LogP contribution in [-0.4, -0.2) is 38.9 Å². The summed E-state index contributed by atoms with van der Waals surface area (Å²) in [5.74, 6) is 1.15. The quantitative estimate of drug-likeness (QED) is 0.377. The molecule has 1 fully saturated rings. The van der Waals surface area contributed by atoms with Crippen molar-refractivity contribution in [1.82, 2.24) is 14.9 Å². The molecule has 1 amide bonds. The number of nitrogens with zero attached hydrogens (tertiary/aromatic N) is 3. The summed E-state index contributed by atoms with van der Waals surface area (Å²) < 4.78 is 6.70. The fourth-order valence-corrected chi connectivity index (χ4v) is 6.96. The molecule has 5 rings (SSSR count). The van der Waals surface area contributed by atoms with Gasteiger partial charge < -0.3 is 9.64 Å². The van der Waals surface area contributed by atoms with Crippen molar-refractivity contribution in [2.45, 2.75) is 77.9 Å². The van der Waals surface area contributed by atoms with Crippen LogP contribution < -0.4 is 0 Å². The zero-order valence-corrected chi connectivity index (χ0v) is 21.7. The van der Waals surface area contributed by atoms with Crippen LogP contribution in [0.4, 0.5) is 4.79 Å². The molecule has 0 spiro atoms. The van der Waals surface area contributed by atoms with Gasteiger partial charge in [0.15, 0.2) is 0 Å². The SMILES string of the molecule is CC(C)(C)OC(=O)N1CCc2c(sc(CC(=O)CCCC3CC3)c2-c2nc3cnccc3s2)C1. The largest absolute Gasteiger partial charge is 0.444 e. The summed E-state index contributed by atoms with van der Waals surface area (Å²) in [7, 11) is 0. The van der Waals surface area contributed by atoms with Crippen molar-refractivity contribution in [3.8, 4) is 10.6 Å². The van der Waals surface area contributed by atoms with Crippen molar-refractivity contribution in [3.63, 3.8) is 0 Å². The molecule has 0 bridgehead atoms. The zero-order valence-electron chi connectivity index (χ0n) is 20.1. The van der Waals surface area contributed by atoms with E-state index in [2.05, 4.69) is 4.98 Å². The van der Waals surface area contributed by atoms with Gasteiger partial charge in [0, 0.05) is 40.9 Å². The summed E-state index contributed by atoms with van der Waals surface area (Å²) in [6.45, 7) is 6.78. The van der Waals surface area contributed by atoms with Crippen LogP contribution in [0.1, 0.15) is 68.2 Å². The number of ether oxygens (including phenoxy) is 1. The maximum absolute atomic E-state index is 12.9. The molecule has 0 aromatic carbocycles. The Balaban J connectivity index is 1.42. The highest BCUT2D eigenvalue weighted by Gasteiger charge is 2.31. The Bertz CT molecular complexity index is 1190. The fourth-order valence-electron chi connectivity index (χ4n) is 4.46. The Morgan fingerprint density at radius 2 is 2.06 bits per heavy atom. The highest BCUT2D eigenvalue weighted by Crippen LogP contribution is 2.43. The van der Waals surface area contributed by atoms with Gasteiger partial charge in [-0.05, 0) is 51.2 Å². The number of fused-ring (bicyclic) bond motifs is 2. The number of carbonyl (C=O) groups excluding carboxylic acids is 2. The van der Waals surface area contributed by atoms with E-state index in [4.69, 9.17) is 9.72 Å². The number of Topliss-reactive ketones (excluding diaryl/α,β-unsaturated/α-hetero) is 1. The predicted molar refractivity (Wildman–Crippen MR) is 136 cm³/mol. The highest BCUT2D eigenvalue weighted by atomic mass is 32.1. The number of ketones is 1. The van der Waals surface area contributed by atoms with Gasteiger partial charge in [-0.15, -0.1) is 22.7 Å². The third kappa shape index (κ3) is 5.33. The van der Waals surface area contributed by atoms with Crippen LogP contribution in [0.3, 0.4) is 0 Å². The maximum Gasteiger partial charge on any atom is 0.410 e. The third-order valence-electron chi connectivity index (χ3n) is 6.31. The van der Waals surface area contributed by atoms with Gasteiger partial charge in [-0.3, -0.25) is 9.78 Å². The summed E-state index contributed by atoms with van der Waals surface area (Å²) >= 11 is 3.32. The number of rotatable bonds is 7. The van der Waals surface area contributed by atoms with Crippen molar-refractivity contribution in [1.29, 1.82) is 0 Å². The van der Waals surface area contributed by atoms with Crippen molar-refractivity contribution < 1.29 is 14.3 Å². The molecule has 0 N–H and O–H groups in total. The molecule has 1 aliphatic carbocycles. The van der Waals surface area contributed by atoms with Gasteiger partial charge in [0.1, 0.15) is 21.9 Å². The molecule has 0 saturated heterocycles. The standard InChI is InChI=1S/C26H31N3O3S2/c1-26(2,3)32-25(31)29-12-10-18-22(15-29)33-21(13-17(30)6-4-5-16-7-8-16)23(18)24-28-19-14-27-11-9-20(19)34-24/h9,11,14,16H,4-8,10,12-13,15H2,1-3H3. The second-order valence-electron chi connectivity index (χ2n) is 10.4. The van der Waals surface area contributed by atoms with Crippen molar-refractivity contribution in [2.75, 3.05) is 6.54 Å². The van der Waals surface area contributed by atoms with Crippen LogP contribution >= 0.6 is 22.7 Å². The van der Waals surface area contributed by atoms with E-state index in [-0.39, 0.29) is 6.09 Å². The van der Waals surface area contributed by atoms with Crippen LogP contribution in [0.15, 0.2) is 18.5 Å². The average molecular weight is 498 g/mol. The minimum atomic E-state index is -0.523. The second-order valence-corrected chi connectivity index (χ2v) is 12.6. The van der Waals surface area contributed by atoms with Gasteiger partial charge in [0.05, 0.1) is 17.4 Å². The van der Waals surface area contributed by atoms with Crippen LogP contribution in [-0.2, 0) is 28.9 Å². The molecule has 3 aromatic rings. The number of hydrogen-bond donors (Lipinski definition) is 0. The molecule has 1 aliphatic heterocycles. The van der Waals surface area contributed by atoms with Gasteiger partial charge in [0.25, 0.3) is 0 Å². The van der Waals surface area contributed by atoms with Gasteiger partial charge >= 0.3 is 6.09 Å². The first kappa shape index (κ1) is 23.4. The number of carbonyl (C=O) groups is 2. The first-order valence-electron chi connectivity index (χ1n) is 12.1. The summed E-state index contributed by atoms with van der Waals surface area (Å²) in [4.78, 5) is 38.7. The minimum absolute atomic E-state index is 0.281. The van der Waals surface area contributed by atoms with E-state index in [1.54, 1.807) is 40.0 Å². The van der Waals surface area contributed by atoms with Crippen molar-refractivity contribution >= 4 is 44.8 Å². The second kappa shape index (κ2) is 9.38. The number of amides is 1. The Hall–Kier alpha value is -2.32. The van der Waals surface area contributed by atoms with Crippen molar-refractivity contribution in [3.05, 3.63) is 33.8 Å². The molecule has 8 heteroatoms. The normalized spacial score (nSPS) is 16.0. The lowest BCUT2D eigenvalue weighted by atomic mass is 9.99. The first-order valence-corrected chi connectivity index (χ1v) is 13.7. The van der Waals surface area contributed by atoms with E-state index < -0.39 is 5.60 Å². The minimum Gasteiger partial charge on any atom is -0.444 e. The highest BCUT2D eigenvalue weighted by molar-refractivity contribution is 7.22. The number of hydrogen-bond acceptors (Lipinski definition) is 7. The summed E-state index contributed by atoms with van der Waals surface area (Å²) in [6.07, 6.45) is 9.95. The van der Waals surface area contributed by atoms with Crippen LogP contribution in [0, 0.1) is 5.92 Å². The van der Waals surface area contributed by atoms with Crippen LogP contribution in [0.25, 0.3) is 20.8 Å². The van der Waals surface area contributed by atoms with E-state index >= 15 is 0 Å². The van der Waals surface area contributed by atoms with E-state index in [0.717, 1.165) is 49.3 Å². The van der Waals surface area contributed by atoms with Crippen LogP contribution in [0.5, 0.6) is 0 Å². The average Bonchev–Trinajstić information content (AvgIpc) is 3.38. The lowest BCUT2D eigenvalue weighted by Gasteiger charge is -2.30. The molecule has 34 heavy (non-hydrogen) atoms. The Labute approximate surface area is 208 Å². The fraction of sp³-hybridized carbons (Fsp3) is 0.538.